The topological polar surface area (TPSA) is 58.6 Å². The molecule has 1 aliphatic carbocycles. The minimum atomic E-state index is -1.09. The zero-order valence-electron chi connectivity index (χ0n) is 11.5. The molecular weight excluding hydrogens is 242 g/mol. The van der Waals surface area contributed by atoms with Crippen molar-refractivity contribution < 1.29 is 14.6 Å². The van der Waals surface area contributed by atoms with Crippen molar-refractivity contribution in [2.75, 3.05) is 13.6 Å². The van der Waals surface area contributed by atoms with Gasteiger partial charge in [0.05, 0.1) is 0 Å². The summed E-state index contributed by atoms with van der Waals surface area (Å²) in [5, 5.41) is 12.4. The fraction of sp³-hybridized carbons (Fsp3) is 0.533. The predicted molar refractivity (Wildman–Crippen MR) is 73.2 cm³/mol. The number of aliphatic hydroxyl groups excluding tert-OH is 1. The number of hydrogen-bond acceptors (Lipinski definition) is 4. The third-order valence-electron chi connectivity index (χ3n) is 3.59. The summed E-state index contributed by atoms with van der Waals surface area (Å²) in [6.45, 7) is 2.43. The van der Waals surface area contributed by atoms with E-state index in [1.54, 1.807) is 6.07 Å². The van der Waals surface area contributed by atoms with Crippen LogP contribution >= 0.6 is 0 Å². The van der Waals surface area contributed by atoms with E-state index in [0.29, 0.717) is 11.7 Å². The van der Waals surface area contributed by atoms with Gasteiger partial charge in [0, 0.05) is 0 Å². The summed E-state index contributed by atoms with van der Waals surface area (Å²) in [7, 11) is 1.97. The molecule has 19 heavy (non-hydrogen) atoms. The summed E-state index contributed by atoms with van der Waals surface area (Å²) < 4.78 is 5.26. The van der Waals surface area contributed by atoms with Gasteiger partial charge in [-0.15, -0.1) is 0 Å². The van der Waals surface area contributed by atoms with E-state index in [1.807, 2.05) is 13.1 Å². The van der Waals surface area contributed by atoms with Crippen LogP contribution in [0, 0.1) is 5.92 Å². The van der Waals surface area contributed by atoms with Crippen molar-refractivity contribution in [1.82, 2.24) is 5.32 Å². The second-order valence-electron chi connectivity index (χ2n) is 5.16. The molecule has 0 aromatic heterocycles. The molecule has 0 saturated heterocycles. The normalized spacial score (nSPS) is 19.6. The van der Waals surface area contributed by atoms with Crippen LogP contribution in [0.5, 0.6) is 5.75 Å². The van der Waals surface area contributed by atoms with Crippen molar-refractivity contribution in [2.45, 2.75) is 32.3 Å². The molecule has 2 N–H and O–H groups in total. The molecule has 0 saturated carbocycles. The average Bonchev–Trinajstić information content (AvgIpc) is 2.39. The quantitative estimate of drug-likeness (QED) is 0.635. The van der Waals surface area contributed by atoms with Gasteiger partial charge in [-0.3, -0.25) is 0 Å². The van der Waals surface area contributed by atoms with E-state index < -0.39 is 12.1 Å². The average molecular weight is 263 g/mol. The van der Waals surface area contributed by atoms with E-state index in [-0.39, 0.29) is 0 Å². The highest BCUT2D eigenvalue weighted by molar-refractivity contribution is 5.77. The van der Waals surface area contributed by atoms with Gasteiger partial charge in [-0.25, -0.2) is 4.79 Å². The number of aliphatic hydroxyl groups is 1. The second-order valence-corrected chi connectivity index (χ2v) is 5.16. The minimum absolute atomic E-state index is 0.592. The van der Waals surface area contributed by atoms with Gasteiger partial charge in [-0.1, -0.05) is 12.1 Å². The van der Waals surface area contributed by atoms with Crippen molar-refractivity contribution in [3.63, 3.8) is 0 Å². The maximum Gasteiger partial charge on any atom is 0.340 e. The van der Waals surface area contributed by atoms with E-state index in [0.717, 1.165) is 31.4 Å². The maximum atomic E-state index is 11.5. The van der Waals surface area contributed by atoms with Gasteiger partial charge in [0.15, 0.2) is 0 Å². The van der Waals surface area contributed by atoms with Crippen LogP contribution < -0.4 is 10.1 Å². The van der Waals surface area contributed by atoms with Crippen LogP contribution in [0.3, 0.4) is 0 Å². The molecule has 1 aromatic carbocycles. The zero-order chi connectivity index (χ0) is 13.8. The standard InChI is InChI=1S/C15H21NO3/c1-10(17)15(18)19-14-5-3-4-12-8-11(9-16-2)6-7-13(12)14/h3-5,10-11,16-17H,6-9H2,1-2H3. The Morgan fingerprint density at radius 1 is 1.58 bits per heavy atom. The molecule has 0 bridgehead atoms. The molecule has 0 aliphatic heterocycles. The van der Waals surface area contributed by atoms with Crippen LogP contribution in [-0.2, 0) is 17.6 Å². The lowest BCUT2D eigenvalue weighted by Crippen LogP contribution is -2.26. The Bertz CT molecular complexity index is 457. The lowest BCUT2D eigenvalue weighted by molar-refractivity contribution is -0.142. The lowest BCUT2D eigenvalue weighted by atomic mass is 9.83. The van der Waals surface area contributed by atoms with Crippen LogP contribution in [0.25, 0.3) is 0 Å². The van der Waals surface area contributed by atoms with Crippen LogP contribution in [-0.4, -0.2) is 30.8 Å². The number of nitrogens with one attached hydrogen (secondary N) is 1. The molecule has 4 heteroatoms. The lowest BCUT2D eigenvalue weighted by Gasteiger charge is -2.25. The minimum Gasteiger partial charge on any atom is -0.424 e. The van der Waals surface area contributed by atoms with Crippen LogP contribution in [0.4, 0.5) is 0 Å². The molecule has 1 aromatic rings. The SMILES string of the molecule is CNCC1CCc2c(cccc2OC(=O)C(C)O)C1. The first-order valence-corrected chi connectivity index (χ1v) is 6.77. The highest BCUT2D eigenvalue weighted by Gasteiger charge is 2.22. The Labute approximate surface area is 113 Å². The highest BCUT2D eigenvalue weighted by Crippen LogP contribution is 2.32. The zero-order valence-corrected chi connectivity index (χ0v) is 11.5. The number of benzene rings is 1. The maximum absolute atomic E-state index is 11.5. The third kappa shape index (κ3) is 3.33. The van der Waals surface area contributed by atoms with Crippen LogP contribution in [0.1, 0.15) is 24.5 Å². The Hall–Kier alpha value is -1.39. The molecule has 104 valence electrons. The predicted octanol–water partition coefficient (Wildman–Crippen LogP) is 1.30. The molecule has 0 heterocycles. The Balaban J connectivity index is 2.16. The van der Waals surface area contributed by atoms with Gasteiger partial charge < -0.3 is 15.2 Å². The fourth-order valence-corrected chi connectivity index (χ4v) is 2.60. The highest BCUT2D eigenvalue weighted by atomic mass is 16.5. The van der Waals surface area contributed by atoms with Gasteiger partial charge in [-0.05, 0) is 62.9 Å². The molecule has 1 aliphatic rings. The number of rotatable bonds is 4. The van der Waals surface area contributed by atoms with Crippen molar-refractivity contribution >= 4 is 5.97 Å². The second kappa shape index (κ2) is 6.17. The van der Waals surface area contributed by atoms with E-state index in [2.05, 4.69) is 11.4 Å². The van der Waals surface area contributed by atoms with E-state index in [1.165, 1.54) is 12.5 Å². The van der Waals surface area contributed by atoms with Crippen LogP contribution in [0.15, 0.2) is 18.2 Å². The molecule has 0 radical (unpaired) electrons. The first kappa shape index (κ1) is 14.0. The van der Waals surface area contributed by atoms with Gasteiger partial charge in [0.25, 0.3) is 0 Å². The Kier molecular flexibility index (Phi) is 4.56. The number of esters is 1. The Morgan fingerprint density at radius 2 is 2.37 bits per heavy atom. The number of carbonyl (C=O) groups excluding carboxylic acids is 1. The van der Waals surface area contributed by atoms with E-state index in [4.69, 9.17) is 4.74 Å². The van der Waals surface area contributed by atoms with Gasteiger partial charge >= 0.3 is 5.97 Å². The summed E-state index contributed by atoms with van der Waals surface area (Å²) in [4.78, 5) is 11.5. The summed E-state index contributed by atoms with van der Waals surface area (Å²) >= 11 is 0. The largest absolute Gasteiger partial charge is 0.424 e. The fourth-order valence-electron chi connectivity index (χ4n) is 2.60. The molecule has 2 atom stereocenters. The van der Waals surface area contributed by atoms with Crippen molar-refractivity contribution in [2.24, 2.45) is 5.92 Å². The van der Waals surface area contributed by atoms with Crippen molar-refractivity contribution in [1.29, 1.82) is 0 Å². The molecule has 2 unspecified atom stereocenters. The van der Waals surface area contributed by atoms with Gasteiger partial charge in [-0.2, -0.15) is 0 Å². The van der Waals surface area contributed by atoms with E-state index in [9.17, 15) is 9.90 Å². The summed E-state index contributed by atoms with van der Waals surface area (Å²) in [5.41, 5.74) is 2.37. The van der Waals surface area contributed by atoms with Gasteiger partial charge in [0.2, 0.25) is 0 Å². The molecule has 0 amide bonds. The monoisotopic (exact) mass is 263 g/mol. The smallest absolute Gasteiger partial charge is 0.340 e. The number of hydrogen-bond donors (Lipinski definition) is 2. The Morgan fingerprint density at radius 3 is 3.05 bits per heavy atom. The number of carbonyl (C=O) groups is 1. The molecule has 0 fully saturated rings. The third-order valence-corrected chi connectivity index (χ3v) is 3.59. The molecule has 4 nitrogen and oxygen atoms in total. The van der Waals surface area contributed by atoms with Crippen molar-refractivity contribution in [3.8, 4) is 5.75 Å². The first-order valence-electron chi connectivity index (χ1n) is 6.77. The molecule has 2 rings (SSSR count). The van der Waals surface area contributed by atoms with E-state index >= 15 is 0 Å². The number of fused-ring (bicyclic) bond motifs is 1. The summed E-state index contributed by atoms with van der Waals surface area (Å²) in [5.74, 6) is 0.650. The van der Waals surface area contributed by atoms with Gasteiger partial charge in [0.1, 0.15) is 11.9 Å². The number of ether oxygens (including phenoxy) is 1. The molecule has 0 spiro atoms. The summed E-state index contributed by atoms with van der Waals surface area (Å²) in [6, 6.07) is 5.81. The van der Waals surface area contributed by atoms with Crippen LogP contribution in [0.2, 0.25) is 0 Å². The first-order chi connectivity index (χ1) is 9.11. The van der Waals surface area contributed by atoms with Crippen molar-refractivity contribution in [3.05, 3.63) is 29.3 Å². The summed E-state index contributed by atoms with van der Waals surface area (Å²) in [6.07, 6.45) is 1.94. The molecular formula is C15H21NO3.